The van der Waals surface area contributed by atoms with Gasteiger partial charge in [-0.1, -0.05) is 59.8 Å². The van der Waals surface area contributed by atoms with Crippen LogP contribution in [0.25, 0.3) is 0 Å². The summed E-state index contributed by atoms with van der Waals surface area (Å²) < 4.78 is 24.3. The zero-order valence-electron chi connectivity index (χ0n) is 17.9. The van der Waals surface area contributed by atoms with Gasteiger partial charge in [-0.15, -0.1) is 0 Å². The molecule has 0 aromatic heterocycles. The fraction of sp³-hybridized carbons (Fsp3) is 0.905. The van der Waals surface area contributed by atoms with Gasteiger partial charge in [0.1, 0.15) is 12.8 Å². The Hall–Kier alpha value is -0.830. The number of rotatable bonds is 13. The van der Waals surface area contributed by atoms with Crippen molar-refractivity contribution in [2.45, 2.75) is 97.0 Å². The minimum Gasteiger partial charge on any atom is -0.465 e. The maximum Gasteiger partial charge on any atom is 0.317 e. The van der Waals surface area contributed by atoms with Gasteiger partial charge in [0.25, 0.3) is 0 Å². The SMILES string of the molecule is CCCCC(CC)COC(=O)CC1C(=O)OC(C(CC)CCCC)P1(C)=O. The van der Waals surface area contributed by atoms with Gasteiger partial charge in [-0.05, 0) is 31.8 Å². The van der Waals surface area contributed by atoms with E-state index < -0.39 is 30.6 Å². The van der Waals surface area contributed by atoms with Crippen LogP contribution >= 0.6 is 7.14 Å². The van der Waals surface area contributed by atoms with Gasteiger partial charge in [-0.25, -0.2) is 0 Å². The molecule has 1 saturated heterocycles. The summed E-state index contributed by atoms with van der Waals surface area (Å²) in [5.74, 6) is -1.02. The van der Waals surface area contributed by atoms with Crippen molar-refractivity contribution in [2.75, 3.05) is 13.3 Å². The fourth-order valence-corrected chi connectivity index (χ4v) is 6.66. The molecule has 0 bridgehead atoms. The zero-order valence-corrected chi connectivity index (χ0v) is 18.8. The third-order valence-corrected chi connectivity index (χ3v) is 9.04. The molecule has 0 aromatic rings. The van der Waals surface area contributed by atoms with Crippen LogP contribution in [-0.2, 0) is 23.6 Å². The Labute approximate surface area is 165 Å². The maximum atomic E-state index is 13.4. The third kappa shape index (κ3) is 6.93. The molecule has 0 radical (unpaired) electrons. The van der Waals surface area contributed by atoms with Crippen molar-refractivity contribution < 1.29 is 23.6 Å². The standard InChI is InChI=1S/C21H39O5P/c1-6-10-12-16(8-3)15-25-19(22)14-18-20(23)26-21(27(18,5)24)17(9-4)13-11-7-2/h16-18,21H,6-15H2,1-5H3. The summed E-state index contributed by atoms with van der Waals surface area (Å²) in [4.78, 5) is 24.7. The van der Waals surface area contributed by atoms with Crippen LogP contribution in [-0.4, -0.2) is 36.7 Å². The highest BCUT2D eigenvalue weighted by molar-refractivity contribution is 7.66. The second kappa shape index (κ2) is 11.9. The first-order valence-electron chi connectivity index (χ1n) is 10.7. The lowest BCUT2D eigenvalue weighted by Gasteiger charge is -2.25. The van der Waals surface area contributed by atoms with Crippen LogP contribution in [0.1, 0.15) is 85.5 Å². The van der Waals surface area contributed by atoms with E-state index in [0.717, 1.165) is 51.4 Å². The Morgan fingerprint density at radius 2 is 1.74 bits per heavy atom. The maximum absolute atomic E-state index is 13.4. The summed E-state index contributed by atoms with van der Waals surface area (Å²) in [6.07, 6.45) is 7.91. The van der Waals surface area contributed by atoms with E-state index in [1.54, 1.807) is 6.66 Å². The van der Waals surface area contributed by atoms with E-state index in [9.17, 15) is 14.2 Å². The van der Waals surface area contributed by atoms with Crippen molar-refractivity contribution in [1.82, 2.24) is 0 Å². The van der Waals surface area contributed by atoms with E-state index in [1.807, 2.05) is 6.92 Å². The summed E-state index contributed by atoms with van der Waals surface area (Å²) in [6.45, 7) is 10.4. The van der Waals surface area contributed by atoms with E-state index in [2.05, 4.69) is 20.8 Å². The molecular weight excluding hydrogens is 363 g/mol. The van der Waals surface area contributed by atoms with Crippen LogP contribution in [0, 0.1) is 11.8 Å². The minimum absolute atomic E-state index is 0.101. The molecule has 5 unspecified atom stereocenters. The molecule has 1 rings (SSSR count). The van der Waals surface area contributed by atoms with Crippen LogP contribution in [0.4, 0.5) is 0 Å². The zero-order chi connectivity index (χ0) is 20.4. The van der Waals surface area contributed by atoms with Gasteiger partial charge in [-0.3, -0.25) is 9.59 Å². The Morgan fingerprint density at radius 3 is 2.30 bits per heavy atom. The smallest absolute Gasteiger partial charge is 0.317 e. The highest BCUT2D eigenvalue weighted by atomic mass is 31.2. The topological polar surface area (TPSA) is 69.7 Å². The second-order valence-electron chi connectivity index (χ2n) is 8.02. The Kier molecular flexibility index (Phi) is 10.7. The lowest BCUT2D eigenvalue weighted by Crippen LogP contribution is -2.23. The van der Waals surface area contributed by atoms with Crippen molar-refractivity contribution in [2.24, 2.45) is 11.8 Å². The number of hydrogen-bond acceptors (Lipinski definition) is 5. The van der Waals surface area contributed by atoms with Crippen molar-refractivity contribution >= 4 is 19.1 Å². The lowest BCUT2D eigenvalue weighted by molar-refractivity contribution is -0.150. The van der Waals surface area contributed by atoms with Crippen LogP contribution in [0.5, 0.6) is 0 Å². The molecule has 27 heavy (non-hydrogen) atoms. The number of hydrogen-bond donors (Lipinski definition) is 0. The number of carbonyl (C=O) groups excluding carboxylic acids is 2. The number of cyclic esters (lactones) is 1. The fourth-order valence-electron chi connectivity index (χ4n) is 3.81. The Balaban J connectivity index is 2.67. The number of unbranched alkanes of at least 4 members (excludes halogenated alkanes) is 2. The van der Waals surface area contributed by atoms with E-state index in [-0.39, 0.29) is 12.3 Å². The summed E-state index contributed by atoms with van der Waals surface area (Å²) in [7, 11) is -2.93. The third-order valence-electron chi connectivity index (χ3n) is 5.87. The first kappa shape index (κ1) is 24.2. The van der Waals surface area contributed by atoms with Gasteiger partial charge < -0.3 is 14.0 Å². The molecular formula is C21H39O5P. The number of ether oxygens (including phenoxy) is 2. The number of carbonyl (C=O) groups is 2. The average molecular weight is 403 g/mol. The van der Waals surface area contributed by atoms with Crippen LogP contribution in [0.2, 0.25) is 0 Å². The summed E-state index contributed by atoms with van der Waals surface area (Å²) in [5.41, 5.74) is -0.846. The normalized spacial score (nSPS) is 27.2. The molecule has 158 valence electrons. The van der Waals surface area contributed by atoms with E-state index >= 15 is 0 Å². The Bertz CT molecular complexity index is 519. The molecule has 5 nitrogen and oxygen atoms in total. The molecule has 0 spiro atoms. The molecule has 0 aliphatic carbocycles. The molecule has 1 heterocycles. The van der Waals surface area contributed by atoms with Crippen molar-refractivity contribution in [3.05, 3.63) is 0 Å². The van der Waals surface area contributed by atoms with Crippen molar-refractivity contribution in [3.8, 4) is 0 Å². The average Bonchev–Trinajstić information content (AvgIpc) is 2.86. The largest absolute Gasteiger partial charge is 0.465 e. The van der Waals surface area contributed by atoms with Gasteiger partial charge in [0.05, 0.1) is 13.0 Å². The molecule has 1 fully saturated rings. The van der Waals surface area contributed by atoms with Gasteiger partial charge in [0.15, 0.2) is 5.85 Å². The minimum atomic E-state index is -2.93. The highest BCUT2D eigenvalue weighted by Gasteiger charge is 2.53. The number of esters is 2. The van der Waals surface area contributed by atoms with E-state index in [4.69, 9.17) is 9.47 Å². The quantitative estimate of drug-likeness (QED) is 0.296. The molecule has 0 N–H and O–H groups in total. The van der Waals surface area contributed by atoms with E-state index in [1.165, 1.54) is 0 Å². The molecule has 1 aliphatic heterocycles. The predicted molar refractivity (Wildman–Crippen MR) is 109 cm³/mol. The first-order chi connectivity index (χ1) is 12.8. The van der Waals surface area contributed by atoms with Gasteiger partial charge in [0.2, 0.25) is 0 Å². The predicted octanol–water partition coefficient (Wildman–Crippen LogP) is 5.60. The lowest BCUT2D eigenvalue weighted by atomic mass is 10.0. The molecule has 1 aliphatic rings. The molecule has 0 saturated carbocycles. The van der Waals surface area contributed by atoms with Crippen LogP contribution in [0.3, 0.4) is 0 Å². The molecule has 5 atom stereocenters. The van der Waals surface area contributed by atoms with Crippen molar-refractivity contribution in [3.63, 3.8) is 0 Å². The van der Waals surface area contributed by atoms with Gasteiger partial charge in [0, 0.05) is 5.92 Å². The molecule has 0 amide bonds. The van der Waals surface area contributed by atoms with Gasteiger partial charge >= 0.3 is 11.9 Å². The van der Waals surface area contributed by atoms with Crippen molar-refractivity contribution in [1.29, 1.82) is 0 Å². The van der Waals surface area contributed by atoms with E-state index in [0.29, 0.717) is 12.5 Å². The van der Waals surface area contributed by atoms with Crippen LogP contribution < -0.4 is 0 Å². The summed E-state index contributed by atoms with van der Waals surface area (Å²) >= 11 is 0. The first-order valence-corrected chi connectivity index (χ1v) is 13.0. The van der Waals surface area contributed by atoms with Crippen LogP contribution in [0.15, 0.2) is 0 Å². The summed E-state index contributed by atoms with van der Waals surface area (Å²) in [5, 5.41) is 0. The highest BCUT2D eigenvalue weighted by Crippen LogP contribution is 2.61. The Morgan fingerprint density at radius 1 is 1.11 bits per heavy atom. The monoisotopic (exact) mass is 402 g/mol. The van der Waals surface area contributed by atoms with Gasteiger partial charge in [-0.2, -0.15) is 0 Å². The summed E-state index contributed by atoms with van der Waals surface area (Å²) in [6, 6.07) is 0. The molecule has 6 heteroatoms. The second-order valence-corrected chi connectivity index (χ2v) is 11.3. The molecule has 0 aromatic carbocycles.